The third-order valence-electron chi connectivity index (χ3n) is 4.87. The molecule has 2 heterocycles. The van der Waals surface area contributed by atoms with E-state index in [1.54, 1.807) is 10.4 Å². The zero-order chi connectivity index (χ0) is 18.8. The van der Waals surface area contributed by atoms with Crippen LogP contribution in [0, 0.1) is 0 Å². The smallest absolute Gasteiger partial charge is 0.242 e. The van der Waals surface area contributed by atoms with Crippen LogP contribution in [0.5, 0.6) is 0 Å². The van der Waals surface area contributed by atoms with Gasteiger partial charge in [0.15, 0.2) is 5.82 Å². The molecular formula is C21H20N4OS. The van der Waals surface area contributed by atoms with Crippen LogP contribution in [-0.2, 0) is 11.3 Å². The Morgan fingerprint density at radius 3 is 2.63 bits per heavy atom. The first kappa shape index (κ1) is 17.4. The van der Waals surface area contributed by atoms with Crippen molar-refractivity contribution in [3.8, 4) is 11.5 Å². The lowest BCUT2D eigenvalue weighted by Crippen LogP contribution is -2.32. The fourth-order valence-electron chi connectivity index (χ4n) is 3.17. The Hall–Kier alpha value is -2.99. The molecule has 0 aliphatic rings. The number of rotatable bonds is 5. The van der Waals surface area contributed by atoms with E-state index in [0.29, 0.717) is 0 Å². The summed E-state index contributed by atoms with van der Waals surface area (Å²) in [4.78, 5) is 23.9. The predicted octanol–water partition coefficient (Wildman–Crippen LogP) is 4.38. The SMILES string of the molecule is CC(c1ccccc1)N(C)C(=O)Cn1c(-c2cscn2)nc2ccccc21. The highest BCUT2D eigenvalue weighted by Gasteiger charge is 2.21. The highest BCUT2D eigenvalue weighted by Crippen LogP contribution is 2.26. The quantitative estimate of drug-likeness (QED) is 0.519. The van der Waals surface area contributed by atoms with Gasteiger partial charge >= 0.3 is 0 Å². The van der Waals surface area contributed by atoms with Gasteiger partial charge in [0.2, 0.25) is 5.91 Å². The van der Waals surface area contributed by atoms with Crippen molar-refractivity contribution in [3.63, 3.8) is 0 Å². The van der Waals surface area contributed by atoms with Crippen molar-refractivity contribution in [1.82, 2.24) is 19.4 Å². The van der Waals surface area contributed by atoms with Gasteiger partial charge in [0.25, 0.3) is 0 Å². The Labute approximate surface area is 161 Å². The Bertz CT molecular complexity index is 1060. The fourth-order valence-corrected chi connectivity index (χ4v) is 3.70. The number of thiazole rings is 1. The fraction of sp³-hybridized carbons (Fsp3) is 0.190. The zero-order valence-corrected chi connectivity index (χ0v) is 16.1. The molecular weight excluding hydrogens is 356 g/mol. The van der Waals surface area contributed by atoms with E-state index in [1.807, 2.05) is 78.5 Å². The van der Waals surface area contributed by atoms with Crippen LogP contribution in [0.4, 0.5) is 0 Å². The van der Waals surface area contributed by atoms with Crippen LogP contribution in [-0.4, -0.2) is 32.4 Å². The summed E-state index contributed by atoms with van der Waals surface area (Å²) in [5.41, 5.74) is 5.50. The minimum absolute atomic E-state index is 0.00351. The maximum absolute atomic E-state index is 13.1. The maximum atomic E-state index is 13.1. The topological polar surface area (TPSA) is 51.0 Å². The Morgan fingerprint density at radius 2 is 1.89 bits per heavy atom. The van der Waals surface area contributed by atoms with Gasteiger partial charge in [-0.2, -0.15) is 0 Å². The van der Waals surface area contributed by atoms with Crippen molar-refractivity contribution < 1.29 is 4.79 Å². The summed E-state index contributed by atoms with van der Waals surface area (Å²) in [7, 11) is 1.85. The molecule has 136 valence electrons. The number of para-hydroxylation sites is 2. The molecule has 5 nitrogen and oxygen atoms in total. The lowest BCUT2D eigenvalue weighted by atomic mass is 10.1. The summed E-state index contributed by atoms with van der Waals surface area (Å²) in [6.45, 7) is 2.27. The number of carbonyl (C=O) groups is 1. The molecule has 0 N–H and O–H groups in total. The average molecular weight is 376 g/mol. The van der Waals surface area contributed by atoms with Crippen LogP contribution < -0.4 is 0 Å². The summed E-state index contributed by atoms with van der Waals surface area (Å²) in [5.74, 6) is 0.762. The third-order valence-corrected chi connectivity index (χ3v) is 5.45. The largest absolute Gasteiger partial charge is 0.337 e. The van der Waals surface area contributed by atoms with Gasteiger partial charge in [-0.25, -0.2) is 9.97 Å². The molecule has 4 aromatic rings. The van der Waals surface area contributed by atoms with E-state index in [1.165, 1.54) is 11.3 Å². The first-order valence-electron chi connectivity index (χ1n) is 8.79. The number of fused-ring (bicyclic) bond motifs is 1. The van der Waals surface area contributed by atoms with Crippen LogP contribution in [0.1, 0.15) is 18.5 Å². The van der Waals surface area contributed by atoms with E-state index in [2.05, 4.69) is 4.98 Å². The summed E-state index contributed by atoms with van der Waals surface area (Å²) < 4.78 is 1.96. The molecule has 4 rings (SSSR count). The van der Waals surface area contributed by atoms with Crippen molar-refractivity contribution in [2.75, 3.05) is 7.05 Å². The summed E-state index contributed by atoms with van der Waals surface area (Å²) in [6.07, 6.45) is 0. The van der Waals surface area contributed by atoms with Crippen LogP contribution in [0.15, 0.2) is 65.5 Å². The normalized spacial score (nSPS) is 12.2. The number of amides is 1. The molecule has 1 amide bonds. The Morgan fingerprint density at radius 1 is 1.15 bits per heavy atom. The van der Waals surface area contributed by atoms with Gasteiger partial charge in [-0.3, -0.25) is 4.79 Å². The molecule has 0 radical (unpaired) electrons. The lowest BCUT2D eigenvalue weighted by Gasteiger charge is -2.26. The van der Waals surface area contributed by atoms with Crippen molar-refractivity contribution >= 4 is 28.3 Å². The van der Waals surface area contributed by atoms with Crippen LogP contribution in [0.25, 0.3) is 22.6 Å². The van der Waals surface area contributed by atoms with E-state index in [9.17, 15) is 4.79 Å². The van der Waals surface area contributed by atoms with Crippen LogP contribution >= 0.6 is 11.3 Å². The first-order valence-corrected chi connectivity index (χ1v) is 9.74. The highest BCUT2D eigenvalue weighted by atomic mass is 32.1. The number of nitrogens with zero attached hydrogens (tertiary/aromatic N) is 4. The molecule has 0 fully saturated rings. The standard InChI is InChI=1S/C21H20N4OS/c1-15(16-8-4-3-5-9-16)24(2)20(26)12-25-19-11-7-6-10-17(19)23-21(25)18-13-27-14-22-18/h3-11,13-15H,12H2,1-2H3. The molecule has 0 bridgehead atoms. The van der Waals surface area contributed by atoms with Gasteiger partial charge in [-0.1, -0.05) is 42.5 Å². The number of aromatic nitrogens is 3. The molecule has 0 aliphatic carbocycles. The number of hydrogen-bond donors (Lipinski definition) is 0. The molecule has 0 spiro atoms. The summed E-state index contributed by atoms with van der Waals surface area (Å²) in [6, 6.07) is 17.9. The van der Waals surface area contributed by atoms with Crippen molar-refractivity contribution in [1.29, 1.82) is 0 Å². The summed E-state index contributed by atoms with van der Waals surface area (Å²) >= 11 is 1.52. The predicted molar refractivity (Wildman–Crippen MR) is 108 cm³/mol. The molecule has 2 aromatic carbocycles. The number of benzene rings is 2. The van der Waals surface area contributed by atoms with Crippen LogP contribution in [0.2, 0.25) is 0 Å². The average Bonchev–Trinajstić information content (AvgIpc) is 3.36. The molecule has 1 unspecified atom stereocenters. The van der Waals surface area contributed by atoms with E-state index < -0.39 is 0 Å². The van der Waals surface area contributed by atoms with Gasteiger partial charge in [-0.05, 0) is 24.6 Å². The minimum Gasteiger partial charge on any atom is -0.337 e. The van der Waals surface area contributed by atoms with E-state index in [0.717, 1.165) is 28.1 Å². The van der Waals surface area contributed by atoms with E-state index >= 15 is 0 Å². The van der Waals surface area contributed by atoms with Gasteiger partial charge < -0.3 is 9.47 Å². The molecule has 2 aromatic heterocycles. The second-order valence-electron chi connectivity index (χ2n) is 6.48. The van der Waals surface area contributed by atoms with Crippen molar-refractivity contribution in [2.45, 2.75) is 19.5 Å². The van der Waals surface area contributed by atoms with Gasteiger partial charge in [-0.15, -0.1) is 11.3 Å². The number of hydrogen-bond acceptors (Lipinski definition) is 4. The second kappa shape index (κ2) is 7.32. The molecule has 27 heavy (non-hydrogen) atoms. The zero-order valence-electron chi connectivity index (χ0n) is 15.2. The number of likely N-dealkylation sites (N-methyl/N-ethyl adjacent to an activating group) is 1. The first-order chi connectivity index (χ1) is 13.1. The molecule has 0 saturated carbocycles. The highest BCUT2D eigenvalue weighted by molar-refractivity contribution is 7.07. The molecule has 6 heteroatoms. The second-order valence-corrected chi connectivity index (χ2v) is 7.19. The summed E-state index contributed by atoms with van der Waals surface area (Å²) in [5, 5.41) is 1.96. The maximum Gasteiger partial charge on any atom is 0.242 e. The van der Waals surface area contributed by atoms with E-state index in [4.69, 9.17) is 4.98 Å². The molecule has 1 atom stereocenters. The monoisotopic (exact) mass is 376 g/mol. The number of carbonyl (C=O) groups excluding carboxylic acids is 1. The lowest BCUT2D eigenvalue weighted by molar-refractivity contribution is -0.132. The van der Waals surface area contributed by atoms with E-state index in [-0.39, 0.29) is 18.5 Å². The molecule has 0 saturated heterocycles. The third kappa shape index (κ3) is 3.36. The van der Waals surface area contributed by atoms with Crippen LogP contribution in [0.3, 0.4) is 0 Å². The van der Waals surface area contributed by atoms with Gasteiger partial charge in [0, 0.05) is 12.4 Å². The number of imidazole rings is 1. The van der Waals surface area contributed by atoms with Gasteiger partial charge in [0.1, 0.15) is 12.2 Å². The Balaban J connectivity index is 1.66. The Kier molecular flexibility index (Phi) is 4.73. The minimum atomic E-state index is -0.00351. The van der Waals surface area contributed by atoms with Crippen molar-refractivity contribution in [2.24, 2.45) is 0 Å². The molecule has 0 aliphatic heterocycles. The van der Waals surface area contributed by atoms with Crippen molar-refractivity contribution in [3.05, 3.63) is 71.1 Å². The van der Waals surface area contributed by atoms with Gasteiger partial charge in [0.05, 0.1) is 22.6 Å².